The van der Waals surface area contributed by atoms with Gasteiger partial charge in [-0.15, -0.1) is 0 Å². The first-order valence-corrected chi connectivity index (χ1v) is 3.75. The number of hydrogen-bond donors (Lipinski definition) is 1. The van der Waals surface area contributed by atoms with Crippen molar-refractivity contribution in [3.63, 3.8) is 0 Å². The van der Waals surface area contributed by atoms with E-state index in [2.05, 4.69) is 20.7 Å². The minimum atomic E-state index is -1.02. The Hall–Kier alpha value is -0.0900. The Balaban J connectivity index is 3.46. The van der Waals surface area contributed by atoms with Crippen molar-refractivity contribution >= 4 is 21.9 Å². The summed E-state index contributed by atoms with van der Waals surface area (Å²) in [5, 5.41) is 8.96. The average Bonchev–Trinajstić information content (AvgIpc) is 1.87. The molecule has 0 unspecified atom stereocenters. The standard InChI is InChI=1S/C5H9BrO3/c1-2-9-5(8)4(7)3-6/h4,7H,2-3H2,1H3/t4-/m1/s1. The van der Waals surface area contributed by atoms with Crippen molar-refractivity contribution in [3.05, 3.63) is 0 Å². The fourth-order valence-electron chi connectivity index (χ4n) is 0.301. The van der Waals surface area contributed by atoms with E-state index < -0.39 is 12.1 Å². The summed E-state index contributed by atoms with van der Waals surface area (Å²) in [4.78, 5) is 10.5. The summed E-state index contributed by atoms with van der Waals surface area (Å²) in [6.07, 6.45) is -1.02. The maximum atomic E-state index is 10.5. The molecule has 0 rings (SSSR count). The fraction of sp³-hybridized carbons (Fsp3) is 0.800. The van der Waals surface area contributed by atoms with Crippen LogP contribution in [0.15, 0.2) is 0 Å². The summed E-state index contributed by atoms with van der Waals surface area (Å²) in [5.41, 5.74) is 0. The van der Waals surface area contributed by atoms with Crippen LogP contribution >= 0.6 is 15.9 Å². The second-order valence-corrected chi connectivity index (χ2v) is 2.07. The van der Waals surface area contributed by atoms with Crippen LogP contribution in [-0.4, -0.2) is 29.1 Å². The van der Waals surface area contributed by atoms with Crippen LogP contribution in [-0.2, 0) is 9.53 Å². The molecule has 0 aliphatic heterocycles. The average molecular weight is 197 g/mol. The van der Waals surface area contributed by atoms with E-state index >= 15 is 0 Å². The number of halogens is 1. The Morgan fingerprint density at radius 2 is 2.44 bits per heavy atom. The molecule has 0 saturated carbocycles. The maximum absolute atomic E-state index is 10.5. The van der Waals surface area contributed by atoms with Crippen molar-refractivity contribution in [2.24, 2.45) is 0 Å². The Morgan fingerprint density at radius 1 is 1.89 bits per heavy atom. The molecular formula is C5H9BrO3. The van der Waals surface area contributed by atoms with Crippen LogP contribution in [0, 0.1) is 0 Å². The van der Waals surface area contributed by atoms with Crippen LogP contribution in [0.5, 0.6) is 0 Å². The minimum Gasteiger partial charge on any atom is -0.464 e. The zero-order chi connectivity index (χ0) is 7.28. The van der Waals surface area contributed by atoms with Crippen molar-refractivity contribution in [2.75, 3.05) is 11.9 Å². The molecule has 0 aromatic carbocycles. The van der Waals surface area contributed by atoms with E-state index in [1.807, 2.05) is 0 Å². The van der Waals surface area contributed by atoms with Crippen LogP contribution in [0.2, 0.25) is 0 Å². The van der Waals surface area contributed by atoms with E-state index in [1.165, 1.54) is 0 Å². The molecule has 1 atom stereocenters. The number of aliphatic hydroxyl groups excluding tert-OH is 1. The molecule has 0 bridgehead atoms. The lowest BCUT2D eigenvalue weighted by Gasteiger charge is -2.04. The Bertz CT molecular complexity index is 94.2. The highest BCUT2D eigenvalue weighted by molar-refractivity contribution is 9.09. The topological polar surface area (TPSA) is 46.5 Å². The Labute approximate surface area is 62.1 Å². The highest BCUT2D eigenvalue weighted by atomic mass is 79.9. The van der Waals surface area contributed by atoms with Crippen LogP contribution in [0.1, 0.15) is 6.92 Å². The predicted molar refractivity (Wildman–Crippen MR) is 36.4 cm³/mol. The molecule has 0 aliphatic rings. The molecule has 4 heteroatoms. The van der Waals surface area contributed by atoms with E-state index in [0.29, 0.717) is 6.61 Å². The molecule has 0 fully saturated rings. The van der Waals surface area contributed by atoms with E-state index in [0.717, 1.165) is 0 Å². The second-order valence-electron chi connectivity index (χ2n) is 1.42. The maximum Gasteiger partial charge on any atom is 0.335 e. The number of esters is 1. The van der Waals surface area contributed by atoms with Crippen LogP contribution in [0.3, 0.4) is 0 Å². The molecule has 0 aromatic heterocycles. The van der Waals surface area contributed by atoms with Gasteiger partial charge in [-0.2, -0.15) is 0 Å². The van der Waals surface area contributed by atoms with Gasteiger partial charge in [0.05, 0.1) is 6.61 Å². The molecular weight excluding hydrogens is 188 g/mol. The molecule has 0 aliphatic carbocycles. The third-order valence-electron chi connectivity index (χ3n) is 0.705. The van der Waals surface area contributed by atoms with Crippen molar-refractivity contribution in [1.29, 1.82) is 0 Å². The molecule has 1 N–H and O–H groups in total. The summed E-state index contributed by atoms with van der Waals surface area (Å²) in [6.45, 7) is 2.00. The molecule has 9 heavy (non-hydrogen) atoms. The summed E-state index contributed by atoms with van der Waals surface area (Å²) >= 11 is 2.93. The van der Waals surface area contributed by atoms with Gasteiger partial charge in [0, 0.05) is 5.33 Å². The normalized spacial score (nSPS) is 12.8. The van der Waals surface area contributed by atoms with E-state index in [1.54, 1.807) is 6.92 Å². The fourth-order valence-corrected chi connectivity index (χ4v) is 0.566. The number of rotatable bonds is 3. The smallest absolute Gasteiger partial charge is 0.335 e. The van der Waals surface area contributed by atoms with Gasteiger partial charge in [0.25, 0.3) is 0 Å². The number of alkyl halides is 1. The summed E-state index contributed by atoms with van der Waals surface area (Å²) < 4.78 is 4.48. The Kier molecular flexibility index (Phi) is 4.71. The molecule has 0 spiro atoms. The van der Waals surface area contributed by atoms with E-state index in [4.69, 9.17) is 5.11 Å². The van der Waals surface area contributed by atoms with Gasteiger partial charge >= 0.3 is 5.97 Å². The van der Waals surface area contributed by atoms with Gasteiger partial charge in [-0.05, 0) is 6.92 Å². The molecule has 3 nitrogen and oxygen atoms in total. The zero-order valence-corrected chi connectivity index (χ0v) is 6.72. The summed E-state index contributed by atoms with van der Waals surface area (Å²) in [5.74, 6) is -0.575. The molecule has 0 radical (unpaired) electrons. The quantitative estimate of drug-likeness (QED) is 0.523. The molecule has 0 aromatic rings. The minimum absolute atomic E-state index is 0.228. The molecule has 54 valence electrons. The van der Waals surface area contributed by atoms with Gasteiger partial charge in [0.2, 0.25) is 0 Å². The third-order valence-corrected chi connectivity index (χ3v) is 1.32. The lowest BCUT2D eigenvalue weighted by Crippen LogP contribution is -2.24. The largest absolute Gasteiger partial charge is 0.464 e. The number of carbonyl (C=O) groups is 1. The lowest BCUT2D eigenvalue weighted by molar-refractivity contribution is -0.151. The number of carbonyl (C=O) groups excluding carboxylic acids is 1. The highest BCUT2D eigenvalue weighted by Crippen LogP contribution is 1.92. The summed E-state index contributed by atoms with van der Waals surface area (Å²) in [7, 11) is 0. The first kappa shape index (κ1) is 8.91. The molecule has 0 saturated heterocycles. The predicted octanol–water partition coefficient (Wildman–Crippen LogP) is 0.305. The van der Waals surface area contributed by atoms with E-state index in [9.17, 15) is 4.79 Å². The first-order chi connectivity index (χ1) is 4.22. The first-order valence-electron chi connectivity index (χ1n) is 2.63. The number of aliphatic hydroxyl groups is 1. The SMILES string of the molecule is CCOC(=O)[C@H](O)CBr. The van der Waals surface area contributed by atoms with Gasteiger partial charge in [0.1, 0.15) is 0 Å². The van der Waals surface area contributed by atoms with Gasteiger partial charge in [-0.3, -0.25) is 0 Å². The molecule has 0 amide bonds. The van der Waals surface area contributed by atoms with Gasteiger partial charge in [0.15, 0.2) is 6.10 Å². The van der Waals surface area contributed by atoms with Crippen molar-refractivity contribution in [2.45, 2.75) is 13.0 Å². The van der Waals surface area contributed by atoms with Crippen LogP contribution < -0.4 is 0 Å². The zero-order valence-electron chi connectivity index (χ0n) is 5.13. The number of hydrogen-bond acceptors (Lipinski definition) is 3. The summed E-state index contributed by atoms with van der Waals surface area (Å²) in [6, 6.07) is 0. The molecule has 0 heterocycles. The second kappa shape index (κ2) is 4.76. The van der Waals surface area contributed by atoms with Crippen molar-refractivity contribution < 1.29 is 14.6 Å². The monoisotopic (exact) mass is 196 g/mol. The van der Waals surface area contributed by atoms with Crippen LogP contribution in [0.25, 0.3) is 0 Å². The van der Waals surface area contributed by atoms with Crippen LogP contribution in [0.4, 0.5) is 0 Å². The van der Waals surface area contributed by atoms with E-state index in [-0.39, 0.29) is 5.33 Å². The van der Waals surface area contributed by atoms with Crippen molar-refractivity contribution in [3.8, 4) is 0 Å². The van der Waals surface area contributed by atoms with Gasteiger partial charge in [-0.1, -0.05) is 15.9 Å². The van der Waals surface area contributed by atoms with Gasteiger partial charge < -0.3 is 9.84 Å². The lowest BCUT2D eigenvalue weighted by atomic mass is 10.4. The van der Waals surface area contributed by atoms with Crippen molar-refractivity contribution in [1.82, 2.24) is 0 Å². The third kappa shape index (κ3) is 3.48. The Morgan fingerprint density at radius 3 is 2.78 bits per heavy atom. The number of ether oxygens (including phenoxy) is 1. The highest BCUT2D eigenvalue weighted by Gasteiger charge is 2.12. The van der Waals surface area contributed by atoms with Gasteiger partial charge in [-0.25, -0.2) is 4.79 Å².